The van der Waals surface area contributed by atoms with Crippen LogP contribution in [-0.2, 0) is 12.8 Å². The van der Waals surface area contributed by atoms with E-state index in [1.807, 2.05) is 0 Å². The van der Waals surface area contributed by atoms with E-state index in [1.54, 1.807) is 0 Å². The van der Waals surface area contributed by atoms with Gasteiger partial charge in [0, 0.05) is 29.4 Å². The Kier molecular flexibility index (Phi) is 5.90. The van der Waals surface area contributed by atoms with Crippen molar-refractivity contribution in [1.29, 1.82) is 0 Å². The summed E-state index contributed by atoms with van der Waals surface area (Å²) in [5.74, 6) is 0. The van der Waals surface area contributed by atoms with Gasteiger partial charge in [-0.05, 0) is 71.5 Å². The number of hydrogen-bond donors (Lipinski definition) is 1. The van der Waals surface area contributed by atoms with Crippen LogP contribution >= 0.6 is 0 Å². The number of aryl methyl sites for hydroxylation is 1. The molecule has 1 unspecified atom stereocenters. The van der Waals surface area contributed by atoms with Crippen LogP contribution in [0.25, 0.3) is 16.6 Å². The molecule has 2 aliphatic heterocycles. The second-order valence-corrected chi connectivity index (χ2v) is 10.3. The number of anilines is 1. The lowest BCUT2D eigenvalue weighted by atomic mass is 9.87. The van der Waals surface area contributed by atoms with Gasteiger partial charge in [-0.15, -0.1) is 0 Å². The Balaban J connectivity index is 1.42. The number of allylic oxidation sites excluding steroid dienone is 8. The lowest BCUT2D eigenvalue weighted by molar-refractivity contribution is 0.527. The fourth-order valence-electron chi connectivity index (χ4n) is 6.14. The van der Waals surface area contributed by atoms with E-state index in [-0.39, 0.29) is 6.17 Å². The van der Waals surface area contributed by atoms with Gasteiger partial charge >= 0.3 is 0 Å². The molecule has 0 bridgehead atoms. The van der Waals surface area contributed by atoms with E-state index in [9.17, 15) is 0 Å². The summed E-state index contributed by atoms with van der Waals surface area (Å²) in [7, 11) is 0. The van der Waals surface area contributed by atoms with Gasteiger partial charge in [0.25, 0.3) is 0 Å². The third-order valence-electron chi connectivity index (χ3n) is 7.90. The fraction of sp³-hybridized carbons (Fsp3) is 0.111. The topological polar surface area (TPSA) is 20.2 Å². The third kappa shape index (κ3) is 4.17. The van der Waals surface area contributed by atoms with E-state index in [2.05, 4.69) is 149 Å². The van der Waals surface area contributed by atoms with Gasteiger partial charge in [0.05, 0.1) is 16.9 Å². The summed E-state index contributed by atoms with van der Waals surface area (Å²) in [6, 6.07) is 30.2. The highest BCUT2D eigenvalue weighted by Gasteiger charge is 2.33. The van der Waals surface area contributed by atoms with Crippen LogP contribution in [0.15, 0.2) is 151 Å². The summed E-state index contributed by atoms with van der Waals surface area (Å²) >= 11 is 0. The van der Waals surface area contributed by atoms with Crippen LogP contribution in [0, 0.1) is 0 Å². The van der Waals surface area contributed by atoms with E-state index in [0.717, 1.165) is 30.5 Å². The van der Waals surface area contributed by atoms with Gasteiger partial charge in [-0.25, -0.2) is 0 Å². The minimum absolute atomic E-state index is 0.00920. The predicted octanol–water partition coefficient (Wildman–Crippen LogP) is 8.23. The minimum atomic E-state index is -0.00920. The molecule has 0 radical (unpaired) electrons. The first-order valence-corrected chi connectivity index (χ1v) is 13.7. The molecule has 1 N–H and O–H groups in total. The number of dihydropyridines is 1. The van der Waals surface area contributed by atoms with Crippen molar-refractivity contribution in [2.24, 2.45) is 0 Å². The van der Waals surface area contributed by atoms with Gasteiger partial charge in [0.2, 0.25) is 0 Å². The molecular weight excluding hydrogens is 474 g/mol. The zero-order chi connectivity index (χ0) is 26.2. The largest absolute Gasteiger partial charge is 0.365 e. The fourth-order valence-corrected chi connectivity index (χ4v) is 6.14. The van der Waals surface area contributed by atoms with Gasteiger partial charge in [-0.2, -0.15) is 0 Å². The number of aromatic nitrogens is 1. The third-order valence-corrected chi connectivity index (χ3v) is 7.90. The second kappa shape index (κ2) is 9.85. The first kappa shape index (κ1) is 23.4. The molecule has 3 nitrogen and oxygen atoms in total. The average molecular weight is 506 g/mol. The molecule has 1 aliphatic carbocycles. The molecule has 3 heteroatoms. The van der Waals surface area contributed by atoms with Crippen LogP contribution in [-0.4, -0.2) is 4.57 Å². The smallest absolute Gasteiger partial charge is 0.123 e. The van der Waals surface area contributed by atoms with Crippen molar-refractivity contribution in [1.82, 2.24) is 9.88 Å². The molecule has 3 aromatic carbocycles. The van der Waals surface area contributed by atoms with Crippen LogP contribution in [0.4, 0.5) is 5.69 Å². The number of fused-ring (bicyclic) bond motifs is 4. The Labute approximate surface area is 230 Å². The van der Waals surface area contributed by atoms with E-state index >= 15 is 0 Å². The lowest BCUT2D eigenvalue weighted by Gasteiger charge is -2.34. The monoisotopic (exact) mass is 505 g/mol. The van der Waals surface area contributed by atoms with Crippen molar-refractivity contribution in [2.45, 2.75) is 25.4 Å². The van der Waals surface area contributed by atoms with Crippen LogP contribution in [0.2, 0.25) is 0 Å². The van der Waals surface area contributed by atoms with Crippen molar-refractivity contribution in [3.63, 3.8) is 0 Å². The summed E-state index contributed by atoms with van der Waals surface area (Å²) in [5, 5.41) is 5.21. The van der Waals surface area contributed by atoms with Crippen LogP contribution in [0.5, 0.6) is 0 Å². The molecule has 3 heterocycles. The van der Waals surface area contributed by atoms with E-state index in [0.29, 0.717) is 0 Å². The molecule has 3 aliphatic rings. The number of benzene rings is 3. The molecule has 0 spiro atoms. The molecule has 7 rings (SSSR count). The second-order valence-electron chi connectivity index (χ2n) is 10.3. The molecule has 0 saturated carbocycles. The zero-order valence-corrected chi connectivity index (χ0v) is 21.9. The Bertz CT molecular complexity index is 1710. The quantitative estimate of drug-likeness (QED) is 0.301. The molecule has 0 saturated heterocycles. The Morgan fingerprint density at radius 3 is 2.44 bits per heavy atom. The minimum Gasteiger partial charge on any atom is -0.365 e. The lowest BCUT2D eigenvalue weighted by Crippen LogP contribution is -2.31. The van der Waals surface area contributed by atoms with E-state index in [4.69, 9.17) is 0 Å². The molecule has 0 fully saturated rings. The maximum absolute atomic E-state index is 4.50. The van der Waals surface area contributed by atoms with E-state index < -0.39 is 0 Å². The molecule has 190 valence electrons. The highest BCUT2D eigenvalue weighted by atomic mass is 15.2. The first-order chi connectivity index (χ1) is 19.3. The number of rotatable bonds is 4. The molecule has 4 aromatic rings. The number of nitrogens with one attached hydrogen (secondary N) is 1. The molecule has 1 atom stereocenters. The van der Waals surface area contributed by atoms with Gasteiger partial charge in [-0.3, -0.25) is 0 Å². The van der Waals surface area contributed by atoms with E-state index in [1.165, 1.54) is 44.7 Å². The summed E-state index contributed by atoms with van der Waals surface area (Å²) in [4.78, 5) is 2.35. The number of para-hydroxylation sites is 2. The van der Waals surface area contributed by atoms with Crippen molar-refractivity contribution in [3.8, 4) is 0 Å². The summed E-state index contributed by atoms with van der Waals surface area (Å²) in [6.45, 7) is 4.50. The molecular formula is C36H31N3. The first-order valence-electron chi connectivity index (χ1n) is 13.7. The highest BCUT2D eigenvalue weighted by Crippen LogP contribution is 2.45. The number of hydrogen-bond acceptors (Lipinski definition) is 2. The Morgan fingerprint density at radius 1 is 0.821 bits per heavy atom. The van der Waals surface area contributed by atoms with Crippen molar-refractivity contribution in [3.05, 3.63) is 168 Å². The van der Waals surface area contributed by atoms with Crippen LogP contribution < -0.4 is 10.2 Å². The summed E-state index contributed by atoms with van der Waals surface area (Å²) < 4.78 is 2.51. The maximum Gasteiger partial charge on any atom is 0.123 e. The van der Waals surface area contributed by atoms with Crippen molar-refractivity contribution < 1.29 is 0 Å². The maximum atomic E-state index is 4.50. The zero-order valence-electron chi connectivity index (χ0n) is 21.9. The summed E-state index contributed by atoms with van der Waals surface area (Å²) in [6.07, 6.45) is 18.0. The van der Waals surface area contributed by atoms with Gasteiger partial charge in [-0.1, -0.05) is 91.5 Å². The standard InChI is InChI=1S/C36H31N3/c1-26-13-10-11-24-38(29-17-6-3-7-18-29)35-30(26)22-23-32-31-19-8-9-20-33(31)39(36(32)35)34-21-12-16-28(37-34)25-27-14-4-2-5-15-27/h2-21,24,34,37H,1,22-23,25H2/b13-10-,24-11-. The normalized spacial score (nSPS) is 20.0. The van der Waals surface area contributed by atoms with Gasteiger partial charge < -0.3 is 14.8 Å². The molecule has 0 amide bonds. The summed E-state index contributed by atoms with van der Waals surface area (Å²) in [5.41, 5.74) is 11.2. The van der Waals surface area contributed by atoms with Gasteiger partial charge in [0.1, 0.15) is 6.17 Å². The predicted molar refractivity (Wildman–Crippen MR) is 163 cm³/mol. The SMILES string of the molecule is C=C1/C=C\C=C/N(c2ccccc2)C2=C1CCc1c2n(C2C=CC=C(Cc3ccccc3)N2)c2ccccc12. The molecule has 39 heavy (non-hydrogen) atoms. The number of nitrogens with zero attached hydrogens (tertiary/aromatic N) is 2. The van der Waals surface area contributed by atoms with Gasteiger partial charge in [0.15, 0.2) is 0 Å². The Hall–Kier alpha value is -4.76. The van der Waals surface area contributed by atoms with Crippen LogP contribution in [0.1, 0.15) is 29.4 Å². The average Bonchev–Trinajstić information content (AvgIpc) is 3.31. The van der Waals surface area contributed by atoms with Crippen molar-refractivity contribution in [2.75, 3.05) is 4.90 Å². The van der Waals surface area contributed by atoms with Crippen molar-refractivity contribution >= 4 is 22.3 Å². The molecule has 1 aromatic heterocycles. The Morgan fingerprint density at radius 2 is 1.59 bits per heavy atom. The highest BCUT2D eigenvalue weighted by molar-refractivity contribution is 5.96. The van der Waals surface area contributed by atoms with Crippen LogP contribution in [0.3, 0.4) is 0 Å².